The van der Waals surface area contributed by atoms with Crippen LogP contribution >= 0.6 is 0 Å². The van der Waals surface area contributed by atoms with Gasteiger partial charge in [-0.15, -0.1) is 0 Å². The van der Waals surface area contributed by atoms with Crippen molar-refractivity contribution in [2.45, 2.75) is 13.0 Å². The minimum absolute atomic E-state index is 0.00391. The van der Waals surface area contributed by atoms with Crippen LogP contribution in [0.4, 0.5) is 0 Å². The fraction of sp³-hybridized carbons (Fsp3) is 0.562. The van der Waals surface area contributed by atoms with Crippen LogP contribution < -0.4 is 20.1 Å². The van der Waals surface area contributed by atoms with Crippen molar-refractivity contribution in [1.82, 2.24) is 10.6 Å². The minimum Gasteiger partial charge on any atom is -0.497 e. The molecule has 1 heterocycles. The number of carbonyl (C=O) groups is 1. The Balaban J connectivity index is 2.07. The lowest BCUT2D eigenvalue weighted by molar-refractivity contribution is -0.133. The fourth-order valence-electron chi connectivity index (χ4n) is 2.79. The lowest BCUT2D eigenvalue weighted by Crippen LogP contribution is -2.45. The smallest absolute Gasteiger partial charge is 0.230 e. The van der Waals surface area contributed by atoms with Crippen molar-refractivity contribution in [2.75, 3.05) is 41.0 Å². The molecule has 1 aliphatic rings. The van der Waals surface area contributed by atoms with Crippen molar-refractivity contribution < 1.29 is 19.0 Å². The summed E-state index contributed by atoms with van der Waals surface area (Å²) in [6.45, 7) is 2.28. The van der Waals surface area contributed by atoms with E-state index in [0.29, 0.717) is 19.7 Å². The Morgan fingerprint density at radius 3 is 2.73 bits per heavy atom. The average molecular weight is 308 g/mol. The van der Waals surface area contributed by atoms with Crippen LogP contribution in [0.25, 0.3) is 0 Å². The van der Waals surface area contributed by atoms with Gasteiger partial charge >= 0.3 is 0 Å². The first-order valence-corrected chi connectivity index (χ1v) is 7.34. The third kappa shape index (κ3) is 3.51. The quantitative estimate of drug-likeness (QED) is 0.785. The standard InChI is InChI=1S/C16H24N2O4/c1-20-11-16(6-7-17-10-16)15(19)18-9-12-8-13(21-2)4-5-14(12)22-3/h4-5,8,17H,6-7,9-11H2,1-3H3,(H,18,19). The molecule has 0 bridgehead atoms. The Morgan fingerprint density at radius 1 is 1.32 bits per heavy atom. The van der Waals surface area contributed by atoms with Crippen molar-refractivity contribution in [3.8, 4) is 11.5 Å². The van der Waals surface area contributed by atoms with Crippen molar-refractivity contribution in [1.29, 1.82) is 0 Å². The first-order chi connectivity index (χ1) is 10.6. The summed E-state index contributed by atoms with van der Waals surface area (Å²) in [5.41, 5.74) is 0.398. The molecule has 122 valence electrons. The van der Waals surface area contributed by atoms with Gasteiger partial charge in [-0.25, -0.2) is 0 Å². The number of methoxy groups -OCH3 is 3. The van der Waals surface area contributed by atoms with Crippen LogP contribution in [0.3, 0.4) is 0 Å². The fourth-order valence-corrected chi connectivity index (χ4v) is 2.79. The summed E-state index contributed by atoms with van der Waals surface area (Å²) in [5, 5.41) is 6.23. The van der Waals surface area contributed by atoms with E-state index in [0.717, 1.165) is 30.0 Å². The zero-order valence-electron chi connectivity index (χ0n) is 13.4. The molecule has 1 unspecified atom stereocenters. The van der Waals surface area contributed by atoms with Gasteiger partial charge in [0.05, 0.1) is 26.2 Å². The van der Waals surface area contributed by atoms with Gasteiger partial charge in [0.15, 0.2) is 0 Å². The molecule has 1 fully saturated rings. The van der Waals surface area contributed by atoms with Gasteiger partial charge in [0.2, 0.25) is 5.91 Å². The molecule has 0 saturated carbocycles. The highest BCUT2D eigenvalue weighted by atomic mass is 16.5. The first kappa shape index (κ1) is 16.6. The largest absolute Gasteiger partial charge is 0.497 e. The molecule has 1 aliphatic heterocycles. The molecular weight excluding hydrogens is 284 g/mol. The monoisotopic (exact) mass is 308 g/mol. The number of hydrogen-bond donors (Lipinski definition) is 2. The second-order valence-electron chi connectivity index (χ2n) is 5.50. The molecule has 1 aromatic rings. The Kier molecular flexibility index (Phi) is 5.63. The second kappa shape index (κ2) is 7.47. The van der Waals surface area contributed by atoms with E-state index in [9.17, 15) is 4.79 Å². The summed E-state index contributed by atoms with van der Waals surface area (Å²) in [7, 11) is 4.85. The molecule has 1 amide bonds. The Labute approximate surface area is 131 Å². The van der Waals surface area contributed by atoms with Gasteiger partial charge in [-0.3, -0.25) is 4.79 Å². The molecule has 0 spiro atoms. The molecule has 6 nitrogen and oxygen atoms in total. The molecule has 1 atom stereocenters. The van der Waals surface area contributed by atoms with Crippen LogP contribution in [0.2, 0.25) is 0 Å². The topological polar surface area (TPSA) is 68.8 Å². The van der Waals surface area contributed by atoms with Crippen molar-refractivity contribution in [3.63, 3.8) is 0 Å². The summed E-state index contributed by atoms with van der Waals surface area (Å²) in [4.78, 5) is 12.6. The van der Waals surface area contributed by atoms with E-state index in [1.807, 2.05) is 18.2 Å². The van der Waals surface area contributed by atoms with Crippen LogP contribution in [0.1, 0.15) is 12.0 Å². The zero-order chi connectivity index (χ0) is 16.0. The van der Waals surface area contributed by atoms with Crippen LogP contribution in [-0.2, 0) is 16.1 Å². The van der Waals surface area contributed by atoms with Gasteiger partial charge in [-0.2, -0.15) is 0 Å². The second-order valence-corrected chi connectivity index (χ2v) is 5.50. The van der Waals surface area contributed by atoms with E-state index in [4.69, 9.17) is 14.2 Å². The highest BCUT2D eigenvalue weighted by Crippen LogP contribution is 2.27. The van der Waals surface area contributed by atoms with Crippen LogP contribution in [0.15, 0.2) is 18.2 Å². The van der Waals surface area contributed by atoms with Crippen molar-refractivity contribution in [2.24, 2.45) is 5.41 Å². The van der Waals surface area contributed by atoms with E-state index in [-0.39, 0.29) is 5.91 Å². The molecule has 6 heteroatoms. The summed E-state index contributed by atoms with van der Waals surface area (Å²) in [6, 6.07) is 5.54. The molecule has 0 radical (unpaired) electrons. The third-order valence-corrected chi connectivity index (χ3v) is 4.07. The molecule has 1 saturated heterocycles. The van der Waals surface area contributed by atoms with Crippen LogP contribution in [0.5, 0.6) is 11.5 Å². The van der Waals surface area contributed by atoms with Crippen LogP contribution in [0, 0.1) is 5.41 Å². The van der Waals surface area contributed by atoms with Gasteiger partial charge in [0.1, 0.15) is 11.5 Å². The number of ether oxygens (including phenoxy) is 3. The molecule has 22 heavy (non-hydrogen) atoms. The molecule has 2 N–H and O–H groups in total. The van der Waals surface area contributed by atoms with Gasteiger partial charge < -0.3 is 24.8 Å². The van der Waals surface area contributed by atoms with E-state index in [1.165, 1.54) is 0 Å². The Hall–Kier alpha value is -1.79. The SMILES string of the molecule is COCC1(C(=O)NCc2cc(OC)ccc2OC)CCNC1. The molecule has 1 aromatic carbocycles. The number of amides is 1. The maximum Gasteiger partial charge on any atom is 0.230 e. The lowest BCUT2D eigenvalue weighted by atomic mass is 9.87. The summed E-state index contributed by atoms with van der Waals surface area (Å²) >= 11 is 0. The van der Waals surface area contributed by atoms with Gasteiger partial charge in [0, 0.05) is 25.8 Å². The van der Waals surface area contributed by atoms with Crippen molar-refractivity contribution in [3.05, 3.63) is 23.8 Å². The predicted octanol–water partition coefficient (Wildman–Crippen LogP) is 0.946. The van der Waals surface area contributed by atoms with E-state index >= 15 is 0 Å². The maximum atomic E-state index is 12.6. The summed E-state index contributed by atoms with van der Waals surface area (Å²) in [5.74, 6) is 1.47. The first-order valence-electron chi connectivity index (χ1n) is 7.34. The number of hydrogen-bond acceptors (Lipinski definition) is 5. The zero-order valence-corrected chi connectivity index (χ0v) is 13.4. The maximum absolute atomic E-state index is 12.6. The Bertz CT molecular complexity index is 513. The number of rotatable bonds is 7. The Morgan fingerprint density at radius 2 is 2.14 bits per heavy atom. The van der Waals surface area contributed by atoms with E-state index in [1.54, 1.807) is 21.3 Å². The number of benzene rings is 1. The molecule has 0 aliphatic carbocycles. The normalized spacial score (nSPS) is 20.7. The van der Waals surface area contributed by atoms with E-state index in [2.05, 4.69) is 10.6 Å². The highest BCUT2D eigenvalue weighted by molar-refractivity contribution is 5.83. The highest BCUT2D eigenvalue weighted by Gasteiger charge is 2.41. The number of carbonyl (C=O) groups excluding carboxylic acids is 1. The van der Waals surface area contributed by atoms with E-state index < -0.39 is 5.41 Å². The molecule has 0 aromatic heterocycles. The minimum atomic E-state index is -0.485. The number of nitrogens with one attached hydrogen (secondary N) is 2. The van der Waals surface area contributed by atoms with Gasteiger partial charge in [0.25, 0.3) is 0 Å². The predicted molar refractivity (Wildman–Crippen MR) is 83.2 cm³/mol. The van der Waals surface area contributed by atoms with Gasteiger partial charge in [-0.1, -0.05) is 0 Å². The lowest BCUT2D eigenvalue weighted by Gasteiger charge is -2.26. The third-order valence-electron chi connectivity index (χ3n) is 4.07. The summed E-state index contributed by atoms with van der Waals surface area (Å²) < 4.78 is 15.8. The summed E-state index contributed by atoms with van der Waals surface area (Å²) in [6.07, 6.45) is 0.780. The molecular formula is C16H24N2O4. The molecule has 2 rings (SSSR count). The van der Waals surface area contributed by atoms with Crippen molar-refractivity contribution >= 4 is 5.91 Å². The average Bonchev–Trinajstić information content (AvgIpc) is 3.02. The van der Waals surface area contributed by atoms with Crippen LogP contribution in [-0.4, -0.2) is 46.9 Å². The van der Waals surface area contributed by atoms with Gasteiger partial charge in [-0.05, 0) is 31.2 Å².